The highest BCUT2D eigenvalue weighted by Crippen LogP contribution is 2.19. The van der Waals surface area contributed by atoms with Crippen molar-refractivity contribution < 1.29 is 4.79 Å². The van der Waals surface area contributed by atoms with E-state index in [1.807, 2.05) is 17.7 Å². The van der Waals surface area contributed by atoms with Crippen LogP contribution in [0.1, 0.15) is 39.7 Å². The predicted octanol–water partition coefficient (Wildman–Crippen LogP) is 2.01. The van der Waals surface area contributed by atoms with Crippen molar-refractivity contribution in [1.82, 2.24) is 14.5 Å². The van der Waals surface area contributed by atoms with Gasteiger partial charge in [-0.2, -0.15) is 0 Å². The maximum absolute atomic E-state index is 11.3. The van der Waals surface area contributed by atoms with Gasteiger partial charge in [-0.15, -0.1) is 0 Å². The number of aldehydes is 1. The van der Waals surface area contributed by atoms with E-state index < -0.39 is 0 Å². The molecule has 1 atom stereocenters. The van der Waals surface area contributed by atoms with Gasteiger partial charge in [0.1, 0.15) is 12.0 Å². The summed E-state index contributed by atoms with van der Waals surface area (Å²) in [5, 5.41) is 0. The average molecular weight is 223 g/mol. The molecule has 0 N–H and O–H groups in total. The Bertz CT molecular complexity index is 336. The Labute approximate surface area is 97.3 Å². The molecule has 0 fully saturated rings. The maximum atomic E-state index is 11.3. The smallest absolute Gasteiger partial charge is 0.157 e. The van der Waals surface area contributed by atoms with Crippen LogP contribution >= 0.6 is 0 Å². The topological polar surface area (TPSA) is 38.1 Å². The molecule has 0 radical (unpaired) electrons. The highest BCUT2D eigenvalue weighted by molar-refractivity contribution is 5.55. The SMILES string of the molecule is Cc1nccn1C(C=O)N(C(C)C)C(C)C. The Kier molecular flexibility index (Phi) is 4.24. The van der Waals surface area contributed by atoms with Crippen LogP contribution in [-0.2, 0) is 4.79 Å². The maximum Gasteiger partial charge on any atom is 0.157 e. The summed E-state index contributed by atoms with van der Waals surface area (Å²) < 4.78 is 1.91. The molecule has 16 heavy (non-hydrogen) atoms. The number of carbonyl (C=O) groups excluding carboxylic acids is 1. The summed E-state index contributed by atoms with van der Waals surface area (Å²) in [5.41, 5.74) is 0. The Hall–Kier alpha value is -1.16. The summed E-state index contributed by atoms with van der Waals surface area (Å²) in [6.07, 6.45) is 4.30. The van der Waals surface area contributed by atoms with Gasteiger partial charge in [-0.1, -0.05) is 0 Å². The van der Waals surface area contributed by atoms with E-state index in [0.717, 1.165) is 12.1 Å². The summed E-state index contributed by atoms with van der Waals surface area (Å²) in [4.78, 5) is 17.6. The van der Waals surface area contributed by atoms with Crippen molar-refractivity contribution >= 4 is 6.29 Å². The molecule has 0 aliphatic carbocycles. The number of aromatic nitrogens is 2. The van der Waals surface area contributed by atoms with Crippen molar-refractivity contribution in [1.29, 1.82) is 0 Å². The summed E-state index contributed by atoms with van der Waals surface area (Å²) in [5.74, 6) is 0.864. The van der Waals surface area contributed by atoms with E-state index in [2.05, 4.69) is 37.6 Å². The standard InChI is InChI=1S/C12H21N3O/c1-9(2)15(10(3)4)12(8-16)14-7-6-13-11(14)5/h6-10,12H,1-5H3. The molecular weight excluding hydrogens is 202 g/mol. The van der Waals surface area contributed by atoms with E-state index in [9.17, 15) is 4.79 Å². The summed E-state index contributed by atoms with van der Waals surface area (Å²) >= 11 is 0. The van der Waals surface area contributed by atoms with Crippen molar-refractivity contribution in [3.8, 4) is 0 Å². The first-order valence-electron chi connectivity index (χ1n) is 5.71. The second-order valence-electron chi connectivity index (χ2n) is 4.57. The molecule has 4 nitrogen and oxygen atoms in total. The Morgan fingerprint density at radius 3 is 2.19 bits per heavy atom. The summed E-state index contributed by atoms with van der Waals surface area (Å²) in [6, 6.07) is 0.633. The lowest BCUT2D eigenvalue weighted by Gasteiger charge is -2.36. The predicted molar refractivity (Wildman–Crippen MR) is 64.2 cm³/mol. The molecule has 0 saturated heterocycles. The number of aryl methyl sites for hydroxylation is 1. The molecule has 0 aromatic carbocycles. The van der Waals surface area contributed by atoms with Gasteiger partial charge in [-0.05, 0) is 34.6 Å². The van der Waals surface area contributed by atoms with Crippen LogP contribution in [0, 0.1) is 6.92 Å². The molecule has 1 aromatic rings. The van der Waals surface area contributed by atoms with Crippen LogP contribution in [0.4, 0.5) is 0 Å². The van der Waals surface area contributed by atoms with E-state index in [1.54, 1.807) is 6.20 Å². The van der Waals surface area contributed by atoms with Crippen LogP contribution in [0.15, 0.2) is 12.4 Å². The highest BCUT2D eigenvalue weighted by Gasteiger charge is 2.25. The van der Waals surface area contributed by atoms with E-state index in [1.165, 1.54) is 0 Å². The van der Waals surface area contributed by atoms with E-state index in [4.69, 9.17) is 0 Å². The lowest BCUT2D eigenvalue weighted by molar-refractivity contribution is -0.117. The molecule has 0 aliphatic rings. The minimum Gasteiger partial charge on any atom is -0.312 e. The lowest BCUT2D eigenvalue weighted by atomic mass is 10.2. The number of hydrogen-bond donors (Lipinski definition) is 0. The molecule has 0 saturated carbocycles. The third-order valence-electron chi connectivity index (χ3n) is 2.77. The number of rotatable bonds is 5. The fourth-order valence-electron chi connectivity index (χ4n) is 2.15. The van der Waals surface area contributed by atoms with Crippen LogP contribution in [0.25, 0.3) is 0 Å². The molecular formula is C12H21N3O. The largest absolute Gasteiger partial charge is 0.312 e. The molecule has 4 heteroatoms. The van der Waals surface area contributed by atoms with Crippen molar-refractivity contribution in [2.45, 2.75) is 52.9 Å². The first kappa shape index (κ1) is 12.9. The molecule has 1 aromatic heterocycles. The van der Waals surface area contributed by atoms with Crippen LogP contribution in [0.2, 0.25) is 0 Å². The van der Waals surface area contributed by atoms with Gasteiger partial charge in [0.25, 0.3) is 0 Å². The number of nitrogens with zero attached hydrogens (tertiary/aromatic N) is 3. The van der Waals surface area contributed by atoms with Crippen LogP contribution in [0.5, 0.6) is 0 Å². The van der Waals surface area contributed by atoms with Gasteiger partial charge in [0, 0.05) is 24.5 Å². The Balaban J connectivity index is 3.05. The normalized spacial score (nSPS) is 13.8. The summed E-state index contributed by atoms with van der Waals surface area (Å²) in [6.45, 7) is 10.3. The van der Waals surface area contributed by atoms with Crippen molar-refractivity contribution in [3.05, 3.63) is 18.2 Å². The van der Waals surface area contributed by atoms with Crippen molar-refractivity contribution in [2.75, 3.05) is 0 Å². The molecule has 0 amide bonds. The zero-order valence-corrected chi connectivity index (χ0v) is 10.7. The minimum atomic E-state index is -0.262. The molecule has 1 rings (SSSR count). The molecule has 1 unspecified atom stereocenters. The quantitative estimate of drug-likeness (QED) is 0.717. The zero-order chi connectivity index (χ0) is 12.3. The number of hydrogen-bond acceptors (Lipinski definition) is 3. The van der Waals surface area contributed by atoms with Gasteiger partial charge < -0.3 is 4.57 Å². The Morgan fingerprint density at radius 2 is 1.88 bits per heavy atom. The fourth-order valence-corrected chi connectivity index (χ4v) is 2.15. The minimum absolute atomic E-state index is 0.262. The number of imidazole rings is 1. The Morgan fingerprint density at radius 1 is 1.31 bits per heavy atom. The summed E-state index contributed by atoms with van der Waals surface area (Å²) in [7, 11) is 0. The zero-order valence-electron chi connectivity index (χ0n) is 10.7. The first-order valence-corrected chi connectivity index (χ1v) is 5.71. The molecule has 0 aliphatic heterocycles. The monoisotopic (exact) mass is 223 g/mol. The molecule has 0 bridgehead atoms. The van der Waals surface area contributed by atoms with Crippen LogP contribution in [0.3, 0.4) is 0 Å². The van der Waals surface area contributed by atoms with Gasteiger partial charge in [0.15, 0.2) is 6.29 Å². The van der Waals surface area contributed by atoms with E-state index >= 15 is 0 Å². The third kappa shape index (κ3) is 2.50. The molecule has 90 valence electrons. The van der Waals surface area contributed by atoms with Crippen LogP contribution in [-0.4, -0.2) is 32.8 Å². The van der Waals surface area contributed by atoms with E-state index in [-0.39, 0.29) is 6.17 Å². The van der Waals surface area contributed by atoms with Crippen LogP contribution < -0.4 is 0 Å². The van der Waals surface area contributed by atoms with Gasteiger partial charge in [0.2, 0.25) is 0 Å². The fraction of sp³-hybridized carbons (Fsp3) is 0.667. The number of carbonyl (C=O) groups is 1. The van der Waals surface area contributed by atoms with Gasteiger partial charge in [-0.3, -0.25) is 9.69 Å². The second kappa shape index (κ2) is 5.25. The van der Waals surface area contributed by atoms with E-state index in [0.29, 0.717) is 12.1 Å². The average Bonchev–Trinajstić information content (AvgIpc) is 2.59. The van der Waals surface area contributed by atoms with Crippen molar-refractivity contribution in [3.63, 3.8) is 0 Å². The molecule has 0 spiro atoms. The molecule has 1 heterocycles. The van der Waals surface area contributed by atoms with Gasteiger partial charge in [-0.25, -0.2) is 4.98 Å². The van der Waals surface area contributed by atoms with Gasteiger partial charge >= 0.3 is 0 Å². The highest BCUT2D eigenvalue weighted by atomic mass is 16.1. The lowest BCUT2D eigenvalue weighted by Crippen LogP contribution is -2.43. The second-order valence-corrected chi connectivity index (χ2v) is 4.57. The first-order chi connectivity index (χ1) is 7.49. The van der Waals surface area contributed by atoms with Gasteiger partial charge in [0.05, 0.1) is 0 Å². The van der Waals surface area contributed by atoms with Crippen molar-refractivity contribution in [2.24, 2.45) is 0 Å². The third-order valence-corrected chi connectivity index (χ3v) is 2.77.